The number of aromatic hydroxyl groups is 1. The van der Waals surface area contributed by atoms with Gasteiger partial charge >= 0.3 is 0 Å². The summed E-state index contributed by atoms with van der Waals surface area (Å²) in [5, 5.41) is 9.76. The van der Waals surface area contributed by atoms with Gasteiger partial charge in [-0.05, 0) is 31.0 Å². The third-order valence-corrected chi connectivity index (χ3v) is 3.71. The van der Waals surface area contributed by atoms with E-state index in [2.05, 4.69) is 6.92 Å². The summed E-state index contributed by atoms with van der Waals surface area (Å²) < 4.78 is 0. The molecular formula is C18H28O2. The Kier molecular flexibility index (Phi) is 8.01. The molecule has 2 heteroatoms. The Hall–Kier alpha value is -1.31. The first-order chi connectivity index (χ1) is 9.65. The standard InChI is InChI=1S/C18H28O2/c1-3-4-5-6-7-8-9-10-11-17(19)16-13-12-15(2)14-18(16)20/h12-14,20H,3-11H2,1-2H3. The number of benzene rings is 1. The van der Waals surface area contributed by atoms with E-state index < -0.39 is 0 Å². The third kappa shape index (κ3) is 6.23. The van der Waals surface area contributed by atoms with Crippen LogP contribution in [0.1, 0.15) is 80.6 Å². The number of ketones is 1. The quantitative estimate of drug-likeness (QED) is 0.458. The van der Waals surface area contributed by atoms with Crippen LogP contribution in [0.3, 0.4) is 0 Å². The lowest BCUT2D eigenvalue weighted by Crippen LogP contribution is -1.99. The minimum absolute atomic E-state index is 0.0634. The Morgan fingerprint density at radius 2 is 1.60 bits per heavy atom. The second-order valence-electron chi connectivity index (χ2n) is 5.67. The lowest BCUT2D eigenvalue weighted by molar-refractivity contribution is 0.0976. The number of carbonyl (C=O) groups excluding carboxylic acids is 1. The molecule has 1 N–H and O–H groups in total. The predicted molar refractivity (Wildman–Crippen MR) is 84.4 cm³/mol. The Balaban J connectivity index is 2.17. The molecule has 0 aromatic heterocycles. The Morgan fingerprint density at radius 3 is 2.20 bits per heavy atom. The van der Waals surface area contributed by atoms with Gasteiger partial charge in [-0.3, -0.25) is 4.79 Å². The van der Waals surface area contributed by atoms with Crippen LogP contribution in [0.5, 0.6) is 5.75 Å². The van der Waals surface area contributed by atoms with Crippen molar-refractivity contribution in [1.29, 1.82) is 0 Å². The van der Waals surface area contributed by atoms with E-state index in [1.165, 1.54) is 38.5 Å². The van der Waals surface area contributed by atoms with Crippen LogP contribution in [-0.4, -0.2) is 10.9 Å². The average Bonchev–Trinajstić information content (AvgIpc) is 2.41. The normalized spacial score (nSPS) is 10.7. The molecule has 0 aliphatic heterocycles. The highest BCUT2D eigenvalue weighted by Gasteiger charge is 2.10. The zero-order valence-electron chi connectivity index (χ0n) is 13.0. The summed E-state index contributed by atoms with van der Waals surface area (Å²) in [7, 11) is 0. The van der Waals surface area contributed by atoms with Crippen molar-refractivity contribution >= 4 is 5.78 Å². The zero-order valence-corrected chi connectivity index (χ0v) is 13.0. The maximum absolute atomic E-state index is 12.0. The lowest BCUT2D eigenvalue weighted by atomic mass is 10.0. The number of aryl methyl sites for hydroxylation is 1. The van der Waals surface area contributed by atoms with Crippen LogP contribution in [0.25, 0.3) is 0 Å². The van der Waals surface area contributed by atoms with Crippen molar-refractivity contribution in [3.05, 3.63) is 29.3 Å². The van der Waals surface area contributed by atoms with Crippen molar-refractivity contribution in [3.63, 3.8) is 0 Å². The van der Waals surface area contributed by atoms with Gasteiger partial charge in [-0.2, -0.15) is 0 Å². The molecule has 0 aliphatic carbocycles. The lowest BCUT2D eigenvalue weighted by Gasteiger charge is -2.05. The summed E-state index contributed by atoms with van der Waals surface area (Å²) in [6.07, 6.45) is 10.4. The summed E-state index contributed by atoms with van der Waals surface area (Å²) in [6, 6.07) is 5.26. The maximum atomic E-state index is 12.0. The molecule has 0 unspecified atom stereocenters. The molecule has 1 aromatic carbocycles. The Labute approximate surface area is 123 Å². The Bertz CT molecular complexity index is 410. The molecule has 0 heterocycles. The summed E-state index contributed by atoms with van der Waals surface area (Å²) in [5.74, 6) is 0.183. The molecular weight excluding hydrogens is 248 g/mol. The molecule has 0 bridgehead atoms. The van der Waals surface area contributed by atoms with Crippen LogP contribution < -0.4 is 0 Å². The topological polar surface area (TPSA) is 37.3 Å². The molecule has 0 atom stereocenters. The molecule has 2 nitrogen and oxygen atoms in total. The number of rotatable bonds is 10. The van der Waals surface area contributed by atoms with Gasteiger partial charge < -0.3 is 5.11 Å². The first-order valence-corrected chi connectivity index (χ1v) is 7.98. The number of hydrogen-bond acceptors (Lipinski definition) is 2. The SMILES string of the molecule is CCCCCCCCCCC(=O)c1ccc(C)cc1O. The predicted octanol–water partition coefficient (Wildman–Crippen LogP) is 5.41. The molecule has 0 saturated heterocycles. The minimum Gasteiger partial charge on any atom is -0.507 e. The smallest absolute Gasteiger partial charge is 0.166 e. The molecule has 0 fully saturated rings. The molecule has 0 aliphatic rings. The van der Waals surface area contributed by atoms with Crippen molar-refractivity contribution in [3.8, 4) is 5.75 Å². The fourth-order valence-electron chi connectivity index (χ4n) is 2.43. The van der Waals surface area contributed by atoms with Crippen molar-refractivity contribution in [2.75, 3.05) is 0 Å². The first-order valence-electron chi connectivity index (χ1n) is 7.98. The van der Waals surface area contributed by atoms with Gasteiger partial charge in [0.2, 0.25) is 0 Å². The van der Waals surface area contributed by atoms with E-state index in [-0.39, 0.29) is 11.5 Å². The van der Waals surface area contributed by atoms with E-state index in [9.17, 15) is 9.90 Å². The largest absolute Gasteiger partial charge is 0.507 e. The van der Waals surface area contributed by atoms with Gasteiger partial charge in [-0.1, -0.05) is 57.9 Å². The van der Waals surface area contributed by atoms with Gasteiger partial charge in [-0.15, -0.1) is 0 Å². The van der Waals surface area contributed by atoms with Crippen molar-refractivity contribution < 1.29 is 9.90 Å². The van der Waals surface area contributed by atoms with Gasteiger partial charge in [0, 0.05) is 6.42 Å². The van der Waals surface area contributed by atoms with Crippen LogP contribution in [0.2, 0.25) is 0 Å². The van der Waals surface area contributed by atoms with Crippen LogP contribution in [0, 0.1) is 6.92 Å². The average molecular weight is 276 g/mol. The minimum atomic E-state index is 0.0634. The van der Waals surface area contributed by atoms with E-state index in [1.807, 2.05) is 13.0 Å². The highest BCUT2D eigenvalue weighted by molar-refractivity contribution is 5.98. The number of Topliss-reactive ketones (excluding diaryl/α,β-unsaturated/α-hetero) is 1. The van der Waals surface area contributed by atoms with Crippen LogP contribution in [0.15, 0.2) is 18.2 Å². The van der Waals surface area contributed by atoms with E-state index in [0.717, 1.165) is 18.4 Å². The molecule has 1 rings (SSSR count). The zero-order chi connectivity index (χ0) is 14.8. The van der Waals surface area contributed by atoms with Gasteiger partial charge in [-0.25, -0.2) is 0 Å². The third-order valence-electron chi connectivity index (χ3n) is 3.71. The highest BCUT2D eigenvalue weighted by atomic mass is 16.3. The van der Waals surface area contributed by atoms with Gasteiger partial charge in [0.05, 0.1) is 5.56 Å². The Morgan fingerprint density at radius 1 is 1.00 bits per heavy atom. The summed E-state index contributed by atoms with van der Waals surface area (Å²) >= 11 is 0. The van der Waals surface area contributed by atoms with Crippen molar-refractivity contribution in [1.82, 2.24) is 0 Å². The number of hydrogen-bond donors (Lipinski definition) is 1. The van der Waals surface area contributed by atoms with Crippen molar-refractivity contribution in [2.45, 2.75) is 71.6 Å². The number of phenols is 1. The highest BCUT2D eigenvalue weighted by Crippen LogP contribution is 2.21. The van der Waals surface area contributed by atoms with E-state index in [0.29, 0.717) is 12.0 Å². The summed E-state index contributed by atoms with van der Waals surface area (Å²) in [6.45, 7) is 4.14. The van der Waals surface area contributed by atoms with Gasteiger partial charge in [0.25, 0.3) is 0 Å². The number of unbranched alkanes of at least 4 members (excludes halogenated alkanes) is 7. The van der Waals surface area contributed by atoms with Crippen LogP contribution in [-0.2, 0) is 0 Å². The maximum Gasteiger partial charge on any atom is 0.166 e. The molecule has 0 amide bonds. The van der Waals surface area contributed by atoms with Crippen LogP contribution in [0.4, 0.5) is 0 Å². The molecule has 0 spiro atoms. The molecule has 0 saturated carbocycles. The molecule has 112 valence electrons. The monoisotopic (exact) mass is 276 g/mol. The number of carbonyl (C=O) groups is 1. The fourth-order valence-corrected chi connectivity index (χ4v) is 2.43. The molecule has 0 radical (unpaired) electrons. The van der Waals surface area contributed by atoms with Gasteiger partial charge in [0.1, 0.15) is 5.75 Å². The van der Waals surface area contributed by atoms with Crippen molar-refractivity contribution in [2.24, 2.45) is 0 Å². The summed E-state index contributed by atoms with van der Waals surface area (Å²) in [5.41, 5.74) is 1.45. The molecule has 20 heavy (non-hydrogen) atoms. The fraction of sp³-hybridized carbons (Fsp3) is 0.611. The number of phenolic OH excluding ortho intramolecular Hbond substituents is 1. The first kappa shape index (κ1) is 16.7. The molecule has 1 aromatic rings. The van der Waals surface area contributed by atoms with Gasteiger partial charge in [0.15, 0.2) is 5.78 Å². The second kappa shape index (κ2) is 9.57. The van der Waals surface area contributed by atoms with E-state index in [1.54, 1.807) is 12.1 Å². The second-order valence-corrected chi connectivity index (χ2v) is 5.67. The summed E-state index contributed by atoms with van der Waals surface area (Å²) in [4.78, 5) is 12.0. The van der Waals surface area contributed by atoms with E-state index in [4.69, 9.17) is 0 Å². The van der Waals surface area contributed by atoms with E-state index >= 15 is 0 Å². The van der Waals surface area contributed by atoms with Crippen LogP contribution >= 0.6 is 0 Å².